The van der Waals surface area contributed by atoms with Crippen LogP contribution in [0.25, 0.3) is 0 Å². The quantitative estimate of drug-likeness (QED) is 0.889. The molecule has 0 saturated carbocycles. The summed E-state index contributed by atoms with van der Waals surface area (Å²) in [7, 11) is 0. The Morgan fingerprint density at radius 2 is 2.32 bits per heavy atom. The van der Waals surface area contributed by atoms with E-state index in [0.29, 0.717) is 36.4 Å². The van der Waals surface area contributed by atoms with Crippen molar-refractivity contribution in [2.24, 2.45) is 4.99 Å². The zero-order valence-corrected chi connectivity index (χ0v) is 14.5. The van der Waals surface area contributed by atoms with Crippen molar-refractivity contribution in [3.8, 4) is 5.75 Å². The lowest BCUT2D eigenvalue weighted by molar-refractivity contribution is -0.121. The molecule has 3 heterocycles. The van der Waals surface area contributed by atoms with Gasteiger partial charge in [0.1, 0.15) is 18.4 Å². The second kappa shape index (κ2) is 6.40. The molecule has 25 heavy (non-hydrogen) atoms. The van der Waals surface area contributed by atoms with Gasteiger partial charge in [0.05, 0.1) is 30.1 Å². The van der Waals surface area contributed by atoms with Crippen molar-refractivity contribution >= 4 is 29.2 Å². The predicted molar refractivity (Wildman–Crippen MR) is 94.0 cm³/mol. The van der Waals surface area contributed by atoms with E-state index in [2.05, 4.69) is 15.3 Å². The molecule has 2 aliphatic heterocycles. The van der Waals surface area contributed by atoms with Gasteiger partial charge in [0.25, 0.3) is 0 Å². The number of nitrogens with one attached hydrogen (secondary N) is 1. The normalized spacial score (nSPS) is 18.5. The number of hydrogen-bond donors (Lipinski definition) is 1. The van der Waals surface area contributed by atoms with Gasteiger partial charge in [-0.25, -0.2) is 9.98 Å². The first-order chi connectivity index (χ1) is 12.2. The molecule has 4 rings (SSSR count). The molecule has 1 amide bonds. The lowest BCUT2D eigenvalue weighted by Gasteiger charge is -2.28. The molecule has 8 heteroatoms. The van der Waals surface area contributed by atoms with Gasteiger partial charge in [0.15, 0.2) is 0 Å². The summed E-state index contributed by atoms with van der Waals surface area (Å²) in [6.45, 7) is 3.71. The van der Waals surface area contributed by atoms with Crippen molar-refractivity contribution in [2.45, 2.75) is 32.5 Å². The van der Waals surface area contributed by atoms with E-state index in [9.17, 15) is 4.79 Å². The number of aliphatic imine (C=N–C) groups is 1. The topological polar surface area (TPSA) is 71.7 Å². The van der Waals surface area contributed by atoms with E-state index in [1.165, 1.54) is 0 Å². The summed E-state index contributed by atoms with van der Waals surface area (Å²) in [5.41, 5.74) is 1.66. The van der Waals surface area contributed by atoms with Crippen LogP contribution in [-0.4, -0.2) is 39.0 Å². The van der Waals surface area contributed by atoms with Crippen molar-refractivity contribution in [1.29, 1.82) is 0 Å². The molecule has 1 atom stereocenters. The summed E-state index contributed by atoms with van der Waals surface area (Å²) in [4.78, 5) is 22.5. The van der Waals surface area contributed by atoms with Gasteiger partial charge in [-0.3, -0.25) is 10.1 Å². The third kappa shape index (κ3) is 2.84. The van der Waals surface area contributed by atoms with Gasteiger partial charge < -0.3 is 14.2 Å². The Labute approximate surface area is 150 Å². The number of carbonyl (C=O) groups is 1. The number of rotatable bonds is 5. The van der Waals surface area contributed by atoms with Crippen LogP contribution >= 0.6 is 11.6 Å². The molecule has 1 fully saturated rings. The van der Waals surface area contributed by atoms with Gasteiger partial charge >= 0.3 is 0 Å². The first kappa shape index (κ1) is 16.0. The minimum absolute atomic E-state index is 0.0121. The molecule has 0 radical (unpaired) electrons. The van der Waals surface area contributed by atoms with Gasteiger partial charge in [-0.1, -0.05) is 18.5 Å². The van der Waals surface area contributed by atoms with Crippen LogP contribution in [0.15, 0.2) is 35.8 Å². The van der Waals surface area contributed by atoms with Crippen LogP contribution in [0.1, 0.15) is 18.9 Å². The van der Waals surface area contributed by atoms with E-state index >= 15 is 0 Å². The minimum atomic E-state index is -0.200. The highest BCUT2D eigenvalue weighted by Crippen LogP contribution is 2.39. The zero-order valence-electron chi connectivity index (χ0n) is 13.8. The number of carbonyl (C=O) groups excluding carboxylic acids is 1. The van der Waals surface area contributed by atoms with Crippen LogP contribution in [0, 0.1) is 0 Å². The van der Waals surface area contributed by atoms with E-state index in [0.717, 1.165) is 17.7 Å². The summed E-state index contributed by atoms with van der Waals surface area (Å²) >= 11 is 6.56. The fourth-order valence-corrected chi connectivity index (χ4v) is 3.43. The largest absolute Gasteiger partial charge is 0.490 e. The highest BCUT2D eigenvalue weighted by molar-refractivity contribution is 6.33. The number of amides is 1. The molecule has 130 valence electrons. The van der Waals surface area contributed by atoms with Crippen molar-refractivity contribution in [2.75, 3.05) is 6.61 Å². The first-order valence-electron chi connectivity index (χ1n) is 8.23. The lowest BCUT2D eigenvalue weighted by Crippen LogP contribution is -2.36. The van der Waals surface area contributed by atoms with E-state index in [1.807, 2.05) is 34.7 Å². The molecular formula is C17H18ClN5O2. The maximum atomic E-state index is 12.0. The van der Waals surface area contributed by atoms with Gasteiger partial charge in [-0.05, 0) is 18.6 Å². The maximum absolute atomic E-state index is 12.0. The number of nitrogens with zero attached hydrogens (tertiary/aromatic N) is 4. The number of ether oxygens (including phenoxy) is 1. The smallest absolute Gasteiger partial charge is 0.249 e. The molecule has 2 aliphatic rings. The van der Waals surface area contributed by atoms with Crippen LogP contribution in [0.4, 0.5) is 5.69 Å². The Hall–Kier alpha value is -2.54. The summed E-state index contributed by atoms with van der Waals surface area (Å²) in [5, 5.41) is 3.39. The monoisotopic (exact) mass is 359 g/mol. The molecule has 1 N–H and O–H groups in total. The first-order valence-corrected chi connectivity index (χ1v) is 8.61. The number of guanidine groups is 1. The Bertz CT molecular complexity index is 834. The predicted octanol–water partition coefficient (Wildman–Crippen LogP) is 2.33. The van der Waals surface area contributed by atoms with Crippen LogP contribution in [0.2, 0.25) is 5.02 Å². The third-order valence-electron chi connectivity index (χ3n) is 4.48. The summed E-state index contributed by atoms with van der Waals surface area (Å²) in [6, 6.07) is 3.50. The van der Waals surface area contributed by atoms with Crippen LogP contribution in [0.5, 0.6) is 5.75 Å². The lowest BCUT2D eigenvalue weighted by atomic mass is 10.1. The highest BCUT2D eigenvalue weighted by atomic mass is 35.5. The van der Waals surface area contributed by atoms with E-state index in [4.69, 9.17) is 16.3 Å². The van der Waals surface area contributed by atoms with Crippen molar-refractivity contribution < 1.29 is 9.53 Å². The van der Waals surface area contributed by atoms with E-state index < -0.39 is 0 Å². The number of hydrogen-bond acceptors (Lipinski definition) is 5. The Morgan fingerprint density at radius 1 is 1.44 bits per heavy atom. The van der Waals surface area contributed by atoms with Gasteiger partial charge in [0.2, 0.25) is 11.9 Å². The zero-order chi connectivity index (χ0) is 17.4. The van der Waals surface area contributed by atoms with Crippen molar-refractivity contribution in [3.63, 3.8) is 0 Å². The second-order valence-corrected chi connectivity index (χ2v) is 6.38. The molecule has 0 aliphatic carbocycles. The number of imidazole rings is 1. The fourth-order valence-electron chi connectivity index (χ4n) is 3.16. The van der Waals surface area contributed by atoms with Crippen molar-refractivity contribution in [1.82, 2.24) is 19.8 Å². The molecule has 0 bridgehead atoms. The van der Waals surface area contributed by atoms with Gasteiger partial charge in [0, 0.05) is 18.0 Å². The van der Waals surface area contributed by atoms with Crippen LogP contribution < -0.4 is 10.1 Å². The number of fused-ring (bicyclic) bond motifs is 2. The Morgan fingerprint density at radius 3 is 3.08 bits per heavy atom. The molecular weight excluding hydrogens is 342 g/mol. The summed E-state index contributed by atoms with van der Waals surface area (Å²) in [6.07, 6.45) is 6.09. The standard InChI is InChI=1S/C17H18ClN5O2/c1-2-13-16(24)21-17-20-12-3-4-14(15(18)11(12)9-23(13)17)25-8-7-22-6-5-19-10-22/h3-6,10,13H,2,7-9H2,1H3,(H,20,21,24). The van der Waals surface area contributed by atoms with E-state index in [1.54, 1.807) is 12.5 Å². The number of halogens is 1. The van der Waals surface area contributed by atoms with Gasteiger partial charge in [-0.2, -0.15) is 0 Å². The number of aromatic nitrogens is 2. The molecule has 2 aromatic rings. The fraction of sp³-hybridized carbons (Fsp3) is 0.353. The highest BCUT2D eigenvalue weighted by Gasteiger charge is 2.38. The Balaban J connectivity index is 1.53. The number of benzene rings is 1. The molecule has 1 aromatic carbocycles. The average Bonchev–Trinajstić information content (AvgIpc) is 3.22. The SMILES string of the molecule is CCC1C(=O)NC2=Nc3ccc(OCCn4ccnc4)c(Cl)c3CN21. The van der Waals surface area contributed by atoms with Crippen LogP contribution in [-0.2, 0) is 17.9 Å². The summed E-state index contributed by atoms with van der Waals surface area (Å²) < 4.78 is 7.77. The minimum Gasteiger partial charge on any atom is -0.490 e. The second-order valence-electron chi connectivity index (χ2n) is 6.00. The molecule has 7 nitrogen and oxygen atoms in total. The Kier molecular flexibility index (Phi) is 4.09. The average molecular weight is 360 g/mol. The van der Waals surface area contributed by atoms with E-state index in [-0.39, 0.29) is 11.9 Å². The third-order valence-corrected chi connectivity index (χ3v) is 4.89. The molecule has 1 saturated heterocycles. The van der Waals surface area contributed by atoms with Gasteiger partial charge in [-0.15, -0.1) is 0 Å². The molecule has 1 unspecified atom stereocenters. The molecule has 1 aromatic heterocycles. The summed E-state index contributed by atoms with van der Waals surface area (Å²) in [5.74, 6) is 1.22. The van der Waals surface area contributed by atoms with Crippen molar-refractivity contribution in [3.05, 3.63) is 41.4 Å². The maximum Gasteiger partial charge on any atom is 0.249 e. The molecule has 0 spiro atoms. The van der Waals surface area contributed by atoms with Crippen LogP contribution in [0.3, 0.4) is 0 Å².